The minimum absolute atomic E-state index is 0.541. The first-order chi connectivity index (χ1) is 36.7. The molecule has 16 rings (SSSR count). The van der Waals surface area contributed by atoms with E-state index in [4.69, 9.17) is 0 Å². The Morgan fingerprint density at radius 1 is 0.284 bits per heavy atom. The Kier molecular flexibility index (Phi) is 8.62. The van der Waals surface area contributed by atoms with Crippen molar-refractivity contribution >= 4 is 49.6 Å². The van der Waals surface area contributed by atoms with Gasteiger partial charge in [-0.3, -0.25) is 0 Å². The van der Waals surface area contributed by atoms with Crippen LogP contribution in [0.2, 0.25) is 0 Å². The maximum atomic E-state index is 2.57. The predicted octanol–water partition coefficient (Wildman–Crippen LogP) is 18.1. The van der Waals surface area contributed by atoms with Gasteiger partial charge in [-0.2, -0.15) is 0 Å². The molecule has 2 aliphatic carbocycles. The molecule has 0 fully saturated rings. The fraction of sp³-hybridized carbons (Fsp3) is 0.0278. The first-order valence-electron chi connectivity index (χ1n) is 25.8. The fourth-order valence-electron chi connectivity index (χ4n) is 14.0. The summed E-state index contributed by atoms with van der Waals surface area (Å²) < 4.78 is 2.57. The smallest absolute Gasteiger partial charge is 0.0754 e. The summed E-state index contributed by atoms with van der Waals surface area (Å²) in [6.45, 7) is 0. The number of fused-ring (bicyclic) bond motifs is 16. The average Bonchev–Trinajstić information content (AvgIpc) is 4.15. The molecule has 0 saturated heterocycles. The van der Waals surface area contributed by atoms with Crippen LogP contribution in [0.1, 0.15) is 44.5 Å². The van der Waals surface area contributed by atoms with E-state index in [0.717, 1.165) is 17.1 Å². The van der Waals surface area contributed by atoms with Crippen LogP contribution in [0.3, 0.4) is 0 Å². The maximum Gasteiger partial charge on any atom is 0.0754 e. The molecule has 2 nitrogen and oxygen atoms in total. The highest BCUT2D eigenvalue weighted by Crippen LogP contribution is 2.62. The van der Waals surface area contributed by atoms with E-state index >= 15 is 0 Å². The fourth-order valence-corrected chi connectivity index (χ4v) is 14.0. The van der Waals surface area contributed by atoms with Crippen molar-refractivity contribution in [3.63, 3.8) is 0 Å². The van der Waals surface area contributed by atoms with Crippen LogP contribution in [0.5, 0.6) is 0 Å². The molecule has 2 heteroatoms. The minimum Gasteiger partial charge on any atom is -0.310 e. The predicted molar refractivity (Wildman–Crippen MR) is 307 cm³/mol. The Morgan fingerprint density at radius 2 is 0.770 bits per heavy atom. The lowest BCUT2D eigenvalue weighted by Crippen LogP contribution is -2.33. The van der Waals surface area contributed by atoms with Crippen LogP contribution < -0.4 is 4.90 Å². The molecule has 0 saturated carbocycles. The Morgan fingerprint density at radius 3 is 1.47 bits per heavy atom. The number of anilines is 3. The molecule has 1 aromatic heterocycles. The number of nitrogens with zero attached hydrogens (tertiary/aromatic N) is 2. The van der Waals surface area contributed by atoms with Gasteiger partial charge < -0.3 is 9.47 Å². The summed E-state index contributed by atoms with van der Waals surface area (Å²) in [6, 6.07) is 105. The van der Waals surface area contributed by atoms with Crippen molar-refractivity contribution < 1.29 is 0 Å². The Balaban J connectivity index is 0.985. The van der Waals surface area contributed by atoms with E-state index in [2.05, 4.69) is 289 Å². The van der Waals surface area contributed by atoms with Crippen LogP contribution in [0.25, 0.3) is 71.6 Å². The van der Waals surface area contributed by atoms with E-state index in [1.807, 2.05) is 0 Å². The number of aromatic nitrogens is 1. The van der Waals surface area contributed by atoms with Gasteiger partial charge >= 0.3 is 0 Å². The van der Waals surface area contributed by atoms with E-state index in [1.165, 1.54) is 116 Å². The van der Waals surface area contributed by atoms with Gasteiger partial charge in [0.25, 0.3) is 0 Å². The highest BCUT2D eigenvalue weighted by molar-refractivity contribution is 6.13. The molecule has 344 valence electrons. The summed E-state index contributed by atoms with van der Waals surface area (Å²) in [5, 5.41) is 5.02. The summed E-state index contributed by atoms with van der Waals surface area (Å²) in [6.07, 6.45) is 0. The molecule has 0 amide bonds. The van der Waals surface area contributed by atoms with Gasteiger partial charge in [-0.25, -0.2) is 0 Å². The maximum absolute atomic E-state index is 2.57. The molecule has 2 heterocycles. The van der Waals surface area contributed by atoms with Crippen LogP contribution in [-0.4, -0.2) is 4.57 Å². The van der Waals surface area contributed by atoms with E-state index in [-0.39, 0.29) is 0 Å². The second-order valence-electron chi connectivity index (χ2n) is 20.3. The molecular weight excluding hydrogens is 893 g/mol. The Bertz CT molecular complexity index is 4340. The van der Waals surface area contributed by atoms with E-state index in [1.54, 1.807) is 0 Å². The quantitative estimate of drug-likeness (QED) is 0.161. The van der Waals surface area contributed by atoms with E-state index < -0.39 is 10.8 Å². The molecule has 12 aromatic carbocycles. The number of para-hydroxylation sites is 2. The second kappa shape index (κ2) is 15.5. The molecule has 0 N–H and O–H groups in total. The van der Waals surface area contributed by atoms with Crippen LogP contribution in [0, 0.1) is 0 Å². The Labute approximate surface area is 430 Å². The number of hydrogen-bond donors (Lipinski definition) is 0. The van der Waals surface area contributed by atoms with Crippen molar-refractivity contribution in [3.05, 3.63) is 324 Å². The van der Waals surface area contributed by atoms with Crippen LogP contribution in [0.4, 0.5) is 17.1 Å². The lowest BCUT2D eigenvalue weighted by Gasteiger charge is -2.40. The molecule has 3 aliphatic rings. The summed E-state index contributed by atoms with van der Waals surface area (Å²) in [5.74, 6) is 0. The van der Waals surface area contributed by atoms with E-state index in [0.29, 0.717) is 0 Å². The topological polar surface area (TPSA) is 8.17 Å². The van der Waals surface area contributed by atoms with Crippen LogP contribution in [0.15, 0.2) is 279 Å². The third-order valence-electron chi connectivity index (χ3n) is 16.9. The van der Waals surface area contributed by atoms with Gasteiger partial charge in [-0.05, 0) is 131 Å². The average molecular weight is 939 g/mol. The summed E-state index contributed by atoms with van der Waals surface area (Å²) >= 11 is 0. The van der Waals surface area contributed by atoms with Gasteiger partial charge in [-0.1, -0.05) is 237 Å². The number of hydrogen-bond acceptors (Lipinski definition) is 1. The van der Waals surface area contributed by atoms with Crippen molar-refractivity contribution in [2.75, 3.05) is 4.90 Å². The highest BCUT2D eigenvalue weighted by Gasteiger charge is 2.51. The SMILES string of the molecule is c1ccc(C2(c3ccccc3)c3ccccc3-c3ccc(N(c4ccc(-c5cccc6ccccc56)cc4)c4ccc5c(c4)-n4c6ccccc6c6cccc(c64)C54c5ccccc5-c5ccccc54)cc32)cc1. The molecule has 1 aliphatic heterocycles. The van der Waals surface area contributed by atoms with Gasteiger partial charge in [0.2, 0.25) is 0 Å². The summed E-state index contributed by atoms with van der Waals surface area (Å²) in [7, 11) is 0. The second-order valence-corrected chi connectivity index (χ2v) is 20.3. The molecule has 0 bridgehead atoms. The first kappa shape index (κ1) is 41.2. The lowest BCUT2D eigenvalue weighted by atomic mass is 9.65. The molecule has 74 heavy (non-hydrogen) atoms. The van der Waals surface area contributed by atoms with Crippen molar-refractivity contribution in [1.29, 1.82) is 0 Å². The highest BCUT2D eigenvalue weighted by atomic mass is 15.1. The van der Waals surface area contributed by atoms with Gasteiger partial charge in [0.15, 0.2) is 0 Å². The van der Waals surface area contributed by atoms with Crippen molar-refractivity contribution in [1.82, 2.24) is 4.57 Å². The molecule has 1 spiro atoms. The van der Waals surface area contributed by atoms with Crippen molar-refractivity contribution in [2.45, 2.75) is 10.8 Å². The molecular formula is C72H46N2. The zero-order valence-electron chi connectivity index (χ0n) is 40.5. The third kappa shape index (κ3) is 5.39. The minimum atomic E-state index is -0.556. The Hall–Kier alpha value is -9.50. The van der Waals surface area contributed by atoms with E-state index in [9.17, 15) is 0 Å². The molecule has 0 atom stereocenters. The largest absolute Gasteiger partial charge is 0.310 e. The summed E-state index contributed by atoms with van der Waals surface area (Å²) in [4.78, 5) is 2.50. The van der Waals surface area contributed by atoms with Crippen molar-refractivity contribution in [2.24, 2.45) is 0 Å². The third-order valence-corrected chi connectivity index (χ3v) is 16.9. The van der Waals surface area contributed by atoms with Gasteiger partial charge in [-0.15, -0.1) is 0 Å². The molecule has 13 aromatic rings. The molecule has 0 radical (unpaired) electrons. The monoisotopic (exact) mass is 938 g/mol. The first-order valence-corrected chi connectivity index (χ1v) is 25.8. The number of rotatable bonds is 6. The lowest BCUT2D eigenvalue weighted by molar-refractivity contribution is 0.748. The van der Waals surface area contributed by atoms with Crippen LogP contribution >= 0.6 is 0 Å². The van der Waals surface area contributed by atoms with Gasteiger partial charge in [0.1, 0.15) is 0 Å². The summed E-state index contributed by atoms with van der Waals surface area (Å²) in [5.41, 5.74) is 23.7. The van der Waals surface area contributed by atoms with Crippen molar-refractivity contribution in [3.8, 4) is 39.1 Å². The zero-order valence-corrected chi connectivity index (χ0v) is 40.5. The standard InChI is InChI=1S/C72H46N2/c1-3-21-49(22-4-1)71(50-23-5-2-6-24-50)62-32-13-9-28-58(62)59-43-41-52(45-67(59)71)73(51-39-37-48(38-40-51)55-30-17-20-47-19-7-8-25-54(47)55)53-42-44-65-69(46-53)74-68-36-16-12-29-60(68)61-31-18-35-66(70(61)74)72(65)63-33-14-10-26-56(63)57-27-11-15-34-64(57)72/h1-46H. The molecule has 0 unspecified atom stereocenters. The number of benzene rings is 12. The normalized spacial score (nSPS) is 13.9. The van der Waals surface area contributed by atoms with Gasteiger partial charge in [0, 0.05) is 27.8 Å². The van der Waals surface area contributed by atoms with Crippen LogP contribution in [-0.2, 0) is 10.8 Å². The zero-order chi connectivity index (χ0) is 48.5. The van der Waals surface area contributed by atoms with Gasteiger partial charge in [0.05, 0.1) is 27.6 Å².